The van der Waals surface area contributed by atoms with Gasteiger partial charge in [-0.25, -0.2) is 4.79 Å². The Kier molecular flexibility index (Phi) is 4.08. The molecule has 0 spiro atoms. The van der Waals surface area contributed by atoms with Crippen LogP contribution in [0.2, 0.25) is 0 Å². The van der Waals surface area contributed by atoms with Crippen molar-refractivity contribution in [3.63, 3.8) is 0 Å². The fourth-order valence-corrected chi connectivity index (χ4v) is 4.56. The highest BCUT2D eigenvalue weighted by Gasteiger charge is 2.38. The van der Waals surface area contributed by atoms with Gasteiger partial charge in [-0.1, -0.05) is 24.8 Å². The second-order valence-corrected chi connectivity index (χ2v) is 7.24. The lowest BCUT2D eigenvalue weighted by atomic mass is 9.83. The Morgan fingerprint density at radius 2 is 1.92 bits per heavy atom. The van der Waals surface area contributed by atoms with Crippen LogP contribution < -0.4 is 4.74 Å². The Labute approximate surface area is 153 Å². The zero-order valence-corrected chi connectivity index (χ0v) is 15.0. The van der Waals surface area contributed by atoms with Crippen molar-refractivity contribution in [2.24, 2.45) is 0 Å². The van der Waals surface area contributed by atoms with Gasteiger partial charge in [0, 0.05) is 23.2 Å². The van der Waals surface area contributed by atoms with Crippen LogP contribution in [-0.4, -0.2) is 35.1 Å². The number of carboxylic acids is 1. The van der Waals surface area contributed by atoms with Crippen LogP contribution in [0.5, 0.6) is 5.75 Å². The van der Waals surface area contributed by atoms with Crippen molar-refractivity contribution < 1.29 is 14.6 Å². The van der Waals surface area contributed by atoms with E-state index in [9.17, 15) is 9.90 Å². The van der Waals surface area contributed by atoms with Gasteiger partial charge < -0.3 is 9.84 Å². The summed E-state index contributed by atoms with van der Waals surface area (Å²) < 4.78 is 5.97. The summed E-state index contributed by atoms with van der Waals surface area (Å²) in [5.74, 6) is 0.268. The molecular weight excluding hydrogens is 326 g/mol. The first-order valence-electron chi connectivity index (χ1n) is 9.02. The van der Waals surface area contributed by atoms with E-state index in [-0.39, 0.29) is 5.56 Å². The number of rotatable bonds is 3. The van der Waals surface area contributed by atoms with Crippen LogP contribution in [0.1, 0.15) is 41.6 Å². The molecule has 2 bridgehead atoms. The molecule has 4 rings (SSSR count). The number of aromatic carboxylic acids is 1. The number of allylic oxidation sites excluding steroid dienone is 4. The van der Waals surface area contributed by atoms with Crippen LogP contribution in [0.25, 0.3) is 5.57 Å². The summed E-state index contributed by atoms with van der Waals surface area (Å²) in [5.41, 5.74) is 4.70. The topological polar surface area (TPSA) is 49.8 Å². The van der Waals surface area contributed by atoms with Gasteiger partial charge in [-0.05, 0) is 62.6 Å². The molecule has 4 heteroatoms. The standard InChI is InChI=1S/C22H23NO3/c1-4-17-19(5-2)26-20-12-13(22(24)25)6-9-18(20)21(17)14-10-15-7-8-16(11-14)23(15)3/h4-6,9,12,15-16H,1-2,7-8,10-11H2,3H3,(H,24,25). The molecule has 1 aromatic carbocycles. The molecule has 3 aliphatic rings. The first-order chi connectivity index (χ1) is 12.5. The molecule has 2 fully saturated rings. The maximum atomic E-state index is 11.4. The van der Waals surface area contributed by atoms with Crippen molar-refractivity contribution in [2.75, 3.05) is 7.05 Å². The number of carbonyl (C=O) groups is 1. The summed E-state index contributed by atoms with van der Waals surface area (Å²) in [5, 5.41) is 9.31. The van der Waals surface area contributed by atoms with Gasteiger partial charge in [0.2, 0.25) is 0 Å². The molecule has 0 aliphatic carbocycles. The number of hydrogen-bond acceptors (Lipinski definition) is 3. The van der Waals surface area contributed by atoms with Gasteiger partial charge in [0.25, 0.3) is 0 Å². The maximum Gasteiger partial charge on any atom is 0.335 e. The van der Waals surface area contributed by atoms with E-state index < -0.39 is 5.97 Å². The second-order valence-electron chi connectivity index (χ2n) is 7.24. The number of nitrogens with zero attached hydrogens (tertiary/aromatic N) is 1. The smallest absolute Gasteiger partial charge is 0.335 e. The van der Waals surface area contributed by atoms with Crippen LogP contribution in [0, 0.1) is 0 Å². The van der Waals surface area contributed by atoms with Gasteiger partial charge in [0.15, 0.2) is 0 Å². The summed E-state index contributed by atoms with van der Waals surface area (Å²) in [6.45, 7) is 7.86. The van der Waals surface area contributed by atoms with Gasteiger partial charge in [-0.15, -0.1) is 0 Å². The fraction of sp³-hybridized carbons (Fsp3) is 0.318. The molecule has 134 valence electrons. The molecule has 3 aliphatic heterocycles. The molecule has 4 nitrogen and oxygen atoms in total. The van der Waals surface area contributed by atoms with E-state index >= 15 is 0 Å². The number of benzene rings is 1. The van der Waals surface area contributed by atoms with E-state index in [0.29, 0.717) is 23.6 Å². The number of carboxylic acid groups (broad SMARTS) is 1. The first-order valence-corrected chi connectivity index (χ1v) is 9.02. The summed E-state index contributed by atoms with van der Waals surface area (Å²) >= 11 is 0. The van der Waals surface area contributed by atoms with Crippen molar-refractivity contribution in [1.29, 1.82) is 0 Å². The molecular formula is C22H23NO3. The minimum Gasteiger partial charge on any atom is -0.478 e. The number of fused-ring (bicyclic) bond motifs is 3. The molecule has 26 heavy (non-hydrogen) atoms. The Balaban J connectivity index is 1.91. The highest BCUT2D eigenvalue weighted by atomic mass is 16.5. The number of ether oxygens (including phenoxy) is 1. The van der Waals surface area contributed by atoms with Gasteiger partial charge in [0.1, 0.15) is 11.5 Å². The van der Waals surface area contributed by atoms with Crippen molar-refractivity contribution >= 4 is 11.5 Å². The summed E-state index contributed by atoms with van der Waals surface area (Å²) in [6, 6.07) is 6.28. The highest BCUT2D eigenvalue weighted by Crippen LogP contribution is 2.47. The lowest BCUT2D eigenvalue weighted by Gasteiger charge is -2.35. The average molecular weight is 349 g/mol. The summed E-state index contributed by atoms with van der Waals surface area (Å²) in [4.78, 5) is 13.9. The fourth-order valence-electron chi connectivity index (χ4n) is 4.56. The lowest BCUT2D eigenvalue weighted by Crippen LogP contribution is -2.37. The van der Waals surface area contributed by atoms with Gasteiger partial charge in [-0.2, -0.15) is 0 Å². The van der Waals surface area contributed by atoms with Crippen molar-refractivity contribution in [3.05, 3.63) is 71.5 Å². The molecule has 2 unspecified atom stereocenters. The monoisotopic (exact) mass is 349 g/mol. The van der Waals surface area contributed by atoms with E-state index in [1.807, 2.05) is 12.1 Å². The molecule has 0 amide bonds. The van der Waals surface area contributed by atoms with Crippen LogP contribution in [0.3, 0.4) is 0 Å². The van der Waals surface area contributed by atoms with Gasteiger partial charge >= 0.3 is 5.97 Å². The van der Waals surface area contributed by atoms with E-state index in [2.05, 4.69) is 25.1 Å². The Morgan fingerprint density at radius 1 is 1.23 bits per heavy atom. The lowest BCUT2D eigenvalue weighted by molar-refractivity contribution is 0.0696. The van der Waals surface area contributed by atoms with Crippen LogP contribution in [0.4, 0.5) is 0 Å². The van der Waals surface area contributed by atoms with E-state index in [1.54, 1.807) is 18.2 Å². The predicted octanol–water partition coefficient (Wildman–Crippen LogP) is 4.41. The van der Waals surface area contributed by atoms with Crippen molar-refractivity contribution in [3.8, 4) is 5.75 Å². The van der Waals surface area contributed by atoms with E-state index in [0.717, 1.165) is 29.6 Å². The quantitative estimate of drug-likeness (QED) is 0.878. The molecule has 3 heterocycles. The van der Waals surface area contributed by atoms with Gasteiger partial charge in [-0.3, -0.25) is 4.90 Å². The molecule has 2 atom stereocenters. The van der Waals surface area contributed by atoms with Crippen molar-refractivity contribution in [1.82, 2.24) is 4.90 Å². The number of piperidine rings is 1. The zero-order chi connectivity index (χ0) is 18.4. The highest BCUT2D eigenvalue weighted by molar-refractivity contribution is 5.93. The average Bonchev–Trinajstić information content (AvgIpc) is 2.85. The molecule has 0 radical (unpaired) electrons. The normalized spacial score (nSPS) is 25.0. The molecule has 0 aromatic heterocycles. The molecule has 1 aromatic rings. The van der Waals surface area contributed by atoms with Crippen molar-refractivity contribution in [2.45, 2.75) is 37.8 Å². The third kappa shape index (κ3) is 2.53. The molecule has 1 N–H and O–H groups in total. The largest absolute Gasteiger partial charge is 0.478 e. The zero-order valence-electron chi connectivity index (χ0n) is 15.0. The molecule has 2 saturated heterocycles. The number of hydrogen-bond donors (Lipinski definition) is 1. The molecule has 0 saturated carbocycles. The van der Waals surface area contributed by atoms with Crippen LogP contribution in [0.15, 0.2) is 60.4 Å². The Bertz CT molecular complexity index is 861. The SMILES string of the molecule is C=CC1=C(C=C)C(=C2CC3CCC(C2)N3C)c2ccc(C(=O)O)cc2O1. The minimum atomic E-state index is -0.957. The summed E-state index contributed by atoms with van der Waals surface area (Å²) in [7, 11) is 2.22. The second kappa shape index (κ2) is 6.29. The third-order valence-electron chi connectivity index (χ3n) is 5.94. The summed E-state index contributed by atoms with van der Waals surface area (Å²) in [6.07, 6.45) is 8.04. The van der Waals surface area contributed by atoms with E-state index in [1.165, 1.54) is 18.4 Å². The van der Waals surface area contributed by atoms with Crippen LogP contribution in [-0.2, 0) is 0 Å². The first kappa shape index (κ1) is 16.9. The predicted molar refractivity (Wildman–Crippen MR) is 102 cm³/mol. The van der Waals surface area contributed by atoms with Gasteiger partial charge in [0.05, 0.1) is 5.56 Å². The third-order valence-corrected chi connectivity index (χ3v) is 5.94. The van der Waals surface area contributed by atoms with E-state index in [4.69, 9.17) is 4.74 Å². The minimum absolute atomic E-state index is 0.224. The van der Waals surface area contributed by atoms with Crippen LogP contribution >= 0.6 is 0 Å². The maximum absolute atomic E-state index is 11.4. The Morgan fingerprint density at radius 3 is 2.50 bits per heavy atom. The Hall–Kier alpha value is -2.59.